The van der Waals surface area contributed by atoms with Crippen LogP contribution in [0.15, 0.2) is 30.5 Å². The topological polar surface area (TPSA) is 31.9 Å². The summed E-state index contributed by atoms with van der Waals surface area (Å²) in [7, 11) is 0. The van der Waals surface area contributed by atoms with Crippen LogP contribution < -0.4 is 0 Å². The van der Waals surface area contributed by atoms with E-state index in [-0.39, 0.29) is 5.82 Å². The molecule has 3 nitrogen and oxygen atoms in total. The quantitative estimate of drug-likeness (QED) is 0.908. The number of likely N-dealkylation sites (tertiary alicyclic amines) is 1. The van der Waals surface area contributed by atoms with Gasteiger partial charge in [0.25, 0.3) is 0 Å². The zero-order valence-corrected chi connectivity index (χ0v) is 14.3. The van der Waals surface area contributed by atoms with Crippen molar-refractivity contribution >= 4 is 0 Å². The van der Waals surface area contributed by atoms with Crippen LogP contribution in [0.5, 0.6) is 0 Å². The molecule has 1 aromatic heterocycles. The molecule has 1 aromatic carbocycles. The molecule has 0 aliphatic carbocycles. The fraction of sp³-hybridized carbons (Fsp3) is 0.526. The molecule has 3 rings (SSSR count). The lowest BCUT2D eigenvalue weighted by Crippen LogP contribution is -2.39. The van der Waals surface area contributed by atoms with Gasteiger partial charge in [-0.25, -0.2) is 4.39 Å². The summed E-state index contributed by atoms with van der Waals surface area (Å²) >= 11 is 0. The van der Waals surface area contributed by atoms with Gasteiger partial charge in [-0.2, -0.15) is 5.10 Å². The molecule has 1 aliphatic rings. The van der Waals surface area contributed by atoms with Crippen LogP contribution in [0.4, 0.5) is 4.39 Å². The minimum Gasteiger partial charge on any atom is -0.302 e. The molecule has 1 aliphatic heterocycles. The second-order valence-corrected chi connectivity index (χ2v) is 7.84. The Bertz CT molecular complexity index is 657. The van der Waals surface area contributed by atoms with Gasteiger partial charge in [-0.05, 0) is 42.5 Å². The van der Waals surface area contributed by atoms with Gasteiger partial charge in [-0.3, -0.25) is 5.10 Å². The first-order valence-corrected chi connectivity index (χ1v) is 8.44. The molecular formula is C19H26FN3. The lowest BCUT2D eigenvalue weighted by molar-refractivity contribution is 0.150. The smallest absolute Gasteiger partial charge is 0.123 e. The highest BCUT2D eigenvalue weighted by molar-refractivity contribution is 5.65. The lowest BCUT2D eigenvalue weighted by Gasteiger charge is -2.36. The largest absolute Gasteiger partial charge is 0.302 e. The third-order valence-electron chi connectivity index (χ3n) is 4.42. The predicted octanol–water partition coefficient (Wildman–Crippen LogP) is 4.44. The summed E-state index contributed by atoms with van der Waals surface area (Å²) in [5.41, 5.74) is 3.39. The normalized spacial score (nSPS) is 19.9. The highest BCUT2D eigenvalue weighted by Gasteiger charge is 2.27. The molecule has 0 saturated carbocycles. The zero-order chi connectivity index (χ0) is 16.4. The number of H-pyrrole nitrogens is 1. The summed E-state index contributed by atoms with van der Waals surface area (Å²) in [6.45, 7) is 10.2. The molecule has 2 aromatic rings. The summed E-state index contributed by atoms with van der Waals surface area (Å²) in [6.07, 6.45) is 4.18. The maximum absolute atomic E-state index is 13.5. The van der Waals surface area contributed by atoms with Crippen LogP contribution >= 0.6 is 0 Å². The Morgan fingerprint density at radius 1 is 1.35 bits per heavy atom. The summed E-state index contributed by atoms with van der Waals surface area (Å²) in [5, 5.41) is 7.41. The number of piperidine rings is 1. The molecule has 1 N–H and O–H groups in total. The highest BCUT2D eigenvalue weighted by Crippen LogP contribution is 2.34. The lowest BCUT2D eigenvalue weighted by atomic mass is 9.88. The third-order valence-corrected chi connectivity index (χ3v) is 4.42. The van der Waals surface area contributed by atoms with Crippen molar-refractivity contribution in [3.8, 4) is 11.1 Å². The van der Waals surface area contributed by atoms with Gasteiger partial charge in [0.05, 0.1) is 6.20 Å². The molecule has 0 spiro atoms. The van der Waals surface area contributed by atoms with Crippen molar-refractivity contribution in [3.05, 3.63) is 42.0 Å². The van der Waals surface area contributed by atoms with Crippen LogP contribution in [0.3, 0.4) is 0 Å². The fourth-order valence-corrected chi connectivity index (χ4v) is 3.60. The van der Waals surface area contributed by atoms with Crippen LogP contribution in [0, 0.1) is 11.2 Å². The van der Waals surface area contributed by atoms with Crippen molar-refractivity contribution < 1.29 is 4.39 Å². The molecule has 124 valence electrons. The second-order valence-electron chi connectivity index (χ2n) is 7.84. The number of nitrogens with zero attached hydrogens (tertiary/aromatic N) is 2. The summed E-state index contributed by atoms with van der Waals surface area (Å²) in [4.78, 5) is 2.55. The van der Waals surface area contributed by atoms with Crippen molar-refractivity contribution in [1.29, 1.82) is 0 Å². The molecule has 1 unspecified atom stereocenters. The molecule has 1 fully saturated rings. The van der Waals surface area contributed by atoms with Crippen LogP contribution in [0.1, 0.15) is 45.2 Å². The number of halogens is 1. The summed E-state index contributed by atoms with van der Waals surface area (Å²) in [5.74, 6) is 0.236. The number of hydrogen-bond donors (Lipinski definition) is 1. The van der Waals surface area contributed by atoms with Gasteiger partial charge in [0.2, 0.25) is 0 Å². The van der Waals surface area contributed by atoms with Crippen LogP contribution in [0.25, 0.3) is 11.1 Å². The number of benzene rings is 1. The van der Waals surface area contributed by atoms with E-state index in [1.54, 1.807) is 12.1 Å². The van der Waals surface area contributed by atoms with Gasteiger partial charge in [0.15, 0.2) is 0 Å². The van der Waals surface area contributed by atoms with Crippen LogP contribution in [-0.2, 0) is 0 Å². The third kappa shape index (κ3) is 3.99. The van der Waals surface area contributed by atoms with E-state index < -0.39 is 0 Å². The fourth-order valence-electron chi connectivity index (χ4n) is 3.60. The monoisotopic (exact) mass is 315 g/mol. The van der Waals surface area contributed by atoms with E-state index >= 15 is 0 Å². The van der Waals surface area contributed by atoms with Crippen molar-refractivity contribution in [3.63, 3.8) is 0 Å². The van der Waals surface area contributed by atoms with E-state index in [0.717, 1.165) is 42.9 Å². The summed E-state index contributed by atoms with van der Waals surface area (Å²) < 4.78 is 13.5. The SMILES string of the molecule is CC(C)(C)CN1CCCC(c2[nH]ncc2-c2cccc(F)c2)C1. The molecule has 23 heavy (non-hydrogen) atoms. The first kappa shape index (κ1) is 16.2. The molecule has 0 bridgehead atoms. The van der Waals surface area contributed by atoms with Crippen LogP contribution in [0.2, 0.25) is 0 Å². The van der Waals surface area contributed by atoms with Crippen molar-refractivity contribution in [2.75, 3.05) is 19.6 Å². The number of aromatic amines is 1. The predicted molar refractivity (Wildman–Crippen MR) is 91.9 cm³/mol. The Kier molecular flexibility index (Phi) is 4.53. The maximum Gasteiger partial charge on any atom is 0.123 e. The average Bonchev–Trinajstić information content (AvgIpc) is 2.95. The van der Waals surface area contributed by atoms with Crippen molar-refractivity contribution in [2.45, 2.75) is 39.5 Å². The number of nitrogens with one attached hydrogen (secondary N) is 1. The van der Waals surface area contributed by atoms with Crippen molar-refractivity contribution in [1.82, 2.24) is 15.1 Å². The molecule has 4 heteroatoms. The van der Waals surface area contributed by atoms with E-state index in [2.05, 4.69) is 35.9 Å². The van der Waals surface area contributed by atoms with Crippen molar-refractivity contribution in [2.24, 2.45) is 5.41 Å². The number of hydrogen-bond acceptors (Lipinski definition) is 2. The van der Waals surface area contributed by atoms with Gasteiger partial charge in [-0.1, -0.05) is 32.9 Å². The van der Waals surface area contributed by atoms with Gasteiger partial charge in [-0.15, -0.1) is 0 Å². The van der Waals surface area contributed by atoms with Gasteiger partial charge in [0, 0.05) is 30.3 Å². The standard InChI is InChI=1S/C19H26FN3/c1-19(2,3)13-23-9-5-7-15(12-23)18-17(11-21-22-18)14-6-4-8-16(20)10-14/h4,6,8,10-11,15H,5,7,9,12-13H2,1-3H3,(H,21,22). The first-order valence-electron chi connectivity index (χ1n) is 8.44. The Labute approximate surface area is 137 Å². The van der Waals surface area contributed by atoms with E-state index in [9.17, 15) is 4.39 Å². The number of rotatable bonds is 3. The summed E-state index contributed by atoms with van der Waals surface area (Å²) in [6, 6.07) is 6.78. The minimum atomic E-state index is -0.201. The van der Waals surface area contributed by atoms with Crippen LogP contribution in [-0.4, -0.2) is 34.7 Å². The molecule has 2 heterocycles. The second kappa shape index (κ2) is 6.44. The highest BCUT2D eigenvalue weighted by atomic mass is 19.1. The average molecular weight is 315 g/mol. The first-order chi connectivity index (χ1) is 10.9. The van der Waals surface area contributed by atoms with E-state index in [4.69, 9.17) is 0 Å². The zero-order valence-electron chi connectivity index (χ0n) is 14.3. The molecule has 1 saturated heterocycles. The van der Waals surface area contributed by atoms with E-state index in [1.807, 2.05) is 12.3 Å². The van der Waals surface area contributed by atoms with Gasteiger partial charge in [0.1, 0.15) is 5.82 Å². The molecular weight excluding hydrogens is 289 g/mol. The minimum absolute atomic E-state index is 0.201. The Hall–Kier alpha value is -1.68. The molecule has 0 radical (unpaired) electrons. The number of aromatic nitrogens is 2. The van der Waals surface area contributed by atoms with E-state index in [1.165, 1.54) is 12.5 Å². The Morgan fingerprint density at radius 2 is 2.17 bits per heavy atom. The molecule has 1 atom stereocenters. The Balaban J connectivity index is 1.81. The molecule has 0 amide bonds. The van der Waals surface area contributed by atoms with E-state index in [0.29, 0.717) is 11.3 Å². The Morgan fingerprint density at radius 3 is 2.91 bits per heavy atom. The van der Waals surface area contributed by atoms with Gasteiger partial charge < -0.3 is 4.90 Å². The van der Waals surface area contributed by atoms with Gasteiger partial charge >= 0.3 is 0 Å². The maximum atomic E-state index is 13.5.